The molecule has 1 aliphatic heterocycles. The standard InChI is InChI=1S/C19H24ClNO5/c20-15-10-13(11-16-18(15)25-9-8-24-16)19(23)26-12-17(22)21-14-6-4-2-1-3-5-7-14/h10-11,14H,1-9,12H2,(H,21,22). The third kappa shape index (κ3) is 5.04. The van der Waals surface area contributed by atoms with Crippen molar-refractivity contribution in [3.8, 4) is 11.5 Å². The van der Waals surface area contributed by atoms with Crippen LogP contribution in [0.4, 0.5) is 0 Å². The van der Waals surface area contributed by atoms with Crippen LogP contribution < -0.4 is 14.8 Å². The second-order valence-electron chi connectivity index (χ2n) is 6.67. The van der Waals surface area contributed by atoms with Crippen molar-refractivity contribution in [2.45, 2.75) is 51.0 Å². The Hall–Kier alpha value is -1.95. The molecule has 0 radical (unpaired) electrons. The molecule has 1 fully saturated rings. The fourth-order valence-corrected chi connectivity index (χ4v) is 3.58. The summed E-state index contributed by atoms with van der Waals surface area (Å²) in [5.41, 5.74) is 0.234. The maximum Gasteiger partial charge on any atom is 0.338 e. The number of amides is 1. The normalized spacial score (nSPS) is 17.7. The smallest absolute Gasteiger partial charge is 0.338 e. The van der Waals surface area contributed by atoms with Crippen molar-refractivity contribution >= 4 is 23.5 Å². The van der Waals surface area contributed by atoms with Gasteiger partial charge in [-0.1, -0.05) is 43.7 Å². The molecule has 0 bridgehead atoms. The summed E-state index contributed by atoms with van der Waals surface area (Å²) in [5, 5.41) is 3.25. The Morgan fingerprint density at radius 3 is 2.54 bits per heavy atom. The first-order chi connectivity index (χ1) is 12.6. The number of benzene rings is 1. The highest BCUT2D eigenvalue weighted by Crippen LogP contribution is 2.38. The molecule has 0 unspecified atom stereocenters. The van der Waals surface area contributed by atoms with Crippen molar-refractivity contribution in [2.24, 2.45) is 0 Å². The number of nitrogens with one attached hydrogen (secondary N) is 1. The highest BCUT2D eigenvalue weighted by Gasteiger charge is 2.21. The van der Waals surface area contributed by atoms with E-state index in [9.17, 15) is 9.59 Å². The van der Waals surface area contributed by atoms with Gasteiger partial charge in [0.15, 0.2) is 18.1 Å². The van der Waals surface area contributed by atoms with E-state index in [0.717, 1.165) is 25.7 Å². The lowest BCUT2D eigenvalue weighted by Gasteiger charge is -2.21. The Morgan fingerprint density at radius 2 is 1.77 bits per heavy atom. The molecule has 142 valence electrons. The second kappa shape index (κ2) is 9.12. The summed E-state index contributed by atoms with van der Waals surface area (Å²) in [7, 11) is 0. The minimum absolute atomic E-state index is 0.172. The molecule has 1 amide bonds. The monoisotopic (exact) mass is 381 g/mol. The molecule has 0 atom stereocenters. The Bertz CT molecular complexity index is 656. The van der Waals surface area contributed by atoms with Crippen molar-refractivity contribution in [3.63, 3.8) is 0 Å². The summed E-state index contributed by atoms with van der Waals surface area (Å²) in [6, 6.07) is 3.16. The van der Waals surface area contributed by atoms with E-state index in [-0.39, 0.29) is 29.1 Å². The molecular weight excluding hydrogens is 358 g/mol. The van der Waals surface area contributed by atoms with Gasteiger partial charge in [-0.3, -0.25) is 4.79 Å². The van der Waals surface area contributed by atoms with Crippen molar-refractivity contribution in [2.75, 3.05) is 19.8 Å². The third-order valence-corrected chi connectivity index (χ3v) is 4.92. The SMILES string of the molecule is O=C(COC(=O)c1cc(Cl)c2c(c1)OCCO2)NC1CCCCCCC1. The van der Waals surface area contributed by atoms with Crippen LogP contribution >= 0.6 is 11.6 Å². The van der Waals surface area contributed by atoms with E-state index < -0.39 is 5.97 Å². The van der Waals surface area contributed by atoms with Gasteiger partial charge in [-0.2, -0.15) is 0 Å². The highest BCUT2D eigenvalue weighted by atomic mass is 35.5. The first-order valence-corrected chi connectivity index (χ1v) is 9.57. The van der Waals surface area contributed by atoms with Crippen molar-refractivity contribution < 1.29 is 23.8 Å². The quantitative estimate of drug-likeness (QED) is 0.808. The van der Waals surface area contributed by atoms with Gasteiger partial charge >= 0.3 is 5.97 Å². The summed E-state index contributed by atoms with van der Waals surface area (Å²) in [5.74, 6) is -0.0459. The lowest BCUT2D eigenvalue weighted by atomic mass is 9.97. The van der Waals surface area contributed by atoms with Crippen LogP contribution in [-0.4, -0.2) is 37.7 Å². The zero-order valence-corrected chi connectivity index (χ0v) is 15.5. The molecule has 7 heteroatoms. The average Bonchev–Trinajstić information content (AvgIpc) is 2.62. The Kier molecular flexibility index (Phi) is 6.61. The molecule has 6 nitrogen and oxygen atoms in total. The summed E-state index contributed by atoms with van der Waals surface area (Å²) >= 11 is 6.12. The highest BCUT2D eigenvalue weighted by molar-refractivity contribution is 6.32. The summed E-state index contributed by atoms with van der Waals surface area (Å²) in [6.07, 6.45) is 7.92. The Morgan fingerprint density at radius 1 is 1.08 bits per heavy atom. The lowest BCUT2D eigenvalue weighted by Crippen LogP contribution is -2.38. The molecule has 1 saturated carbocycles. The van der Waals surface area contributed by atoms with Gasteiger partial charge < -0.3 is 19.5 Å². The fourth-order valence-electron chi connectivity index (χ4n) is 3.31. The molecule has 3 rings (SSSR count). The first-order valence-electron chi connectivity index (χ1n) is 9.19. The predicted molar refractivity (Wildman–Crippen MR) is 97.0 cm³/mol. The fraction of sp³-hybridized carbons (Fsp3) is 0.579. The van der Waals surface area contributed by atoms with E-state index in [1.807, 2.05) is 0 Å². The van der Waals surface area contributed by atoms with Crippen molar-refractivity contribution in [1.29, 1.82) is 0 Å². The minimum Gasteiger partial charge on any atom is -0.486 e. The molecule has 1 aromatic rings. The number of ether oxygens (including phenoxy) is 3. The summed E-state index contributed by atoms with van der Waals surface area (Å²) in [6.45, 7) is 0.505. The van der Waals surface area contributed by atoms with Crippen LogP contribution in [0, 0.1) is 0 Å². The van der Waals surface area contributed by atoms with Crippen molar-refractivity contribution in [3.05, 3.63) is 22.7 Å². The average molecular weight is 382 g/mol. The van der Waals surface area contributed by atoms with Gasteiger partial charge in [0.2, 0.25) is 0 Å². The van der Waals surface area contributed by atoms with E-state index >= 15 is 0 Å². The van der Waals surface area contributed by atoms with E-state index in [1.165, 1.54) is 31.4 Å². The summed E-state index contributed by atoms with van der Waals surface area (Å²) < 4.78 is 16.0. The van der Waals surface area contributed by atoms with Gasteiger partial charge in [0.05, 0.1) is 10.6 Å². The number of carbonyl (C=O) groups excluding carboxylic acids is 2. The number of hydrogen-bond acceptors (Lipinski definition) is 5. The van der Waals surface area contributed by atoms with Gasteiger partial charge in [-0.05, 0) is 25.0 Å². The number of halogens is 1. The van der Waals surface area contributed by atoms with Crippen LogP contribution in [0.2, 0.25) is 5.02 Å². The van der Waals surface area contributed by atoms with Crippen LogP contribution in [0.15, 0.2) is 12.1 Å². The molecule has 26 heavy (non-hydrogen) atoms. The molecule has 1 aromatic carbocycles. The van der Waals surface area contributed by atoms with Crippen LogP contribution in [0.1, 0.15) is 55.3 Å². The van der Waals surface area contributed by atoms with Gasteiger partial charge in [0, 0.05) is 6.04 Å². The molecule has 0 aromatic heterocycles. The van der Waals surface area contributed by atoms with E-state index in [0.29, 0.717) is 24.7 Å². The number of hydrogen-bond donors (Lipinski definition) is 1. The number of fused-ring (bicyclic) bond motifs is 1. The second-order valence-corrected chi connectivity index (χ2v) is 7.08. The maximum atomic E-state index is 12.2. The first kappa shape index (κ1) is 18.8. The molecule has 2 aliphatic rings. The number of rotatable bonds is 4. The van der Waals surface area contributed by atoms with Crippen LogP contribution in [0.25, 0.3) is 0 Å². The third-order valence-electron chi connectivity index (χ3n) is 4.64. The molecule has 0 spiro atoms. The minimum atomic E-state index is -0.614. The van der Waals surface area contributed by atoms with Crippen molar-refractivity contribution in [1.82, 2.24) is 5.32 Å². The summed E-state index contributed by atoms with van der Waals surface area (Å²) in [4.78, 5) is 24.3. The number of esters is 1. The molecule has 1 heterocycles. The molecule has 0 saturated heterocycles. The largest absolute Gasteiger partial charge is 0.486 e. The van der Waals surface area contributed by atoms with E-state index in [1.54, 1.807) is 0 Å². The lowest BCUT2D eigenvalue weighted by molar-refractivity contribution is -0.125. The zero-order valence-electron chi connectivity index (χ0n) is 14.7. The zero-order chi connectivity index (χ0) is 18.4. The van der Waals surface area contributed by atoms with Gasteiger partial charge in [0.25, 0.3) is 5.91 Å². The maximum absolute atomic E-state index is 12.2. The van der Waals surface area contributed by atoms with E-state index in [4.69, 9.17) is 25.8 Å². The van der Waals surface area contributed by atoms with Crippen LogP contribution in [0.5, 0.6) is 11.5 Å². The topological polar surface area (TPSA) is 73.9 Å². The van der Waals surface area contributed by atoms with E-state index in [2.05, 4.69) is 5.32 Å². The molecule has 1 N–H and O–H groups in total. The Balaban J connectivity index is 1.51. The van der Waals surface area contributed by atoms with Gasteiger partial charge in [0.1, 0.15) is 13.2 Å². The van der Waals surface area contributed by atoms with Crippen LogP contribution in [0.3, 0.4) is 0 Å². The molecule has 1 aliphatic carbocycles. The number of carbonyl (C=O) groups is 2. The van der Waals surface area contributed by atoms with Gasteiger partial charge in [-0.15, -0.1) is 0 Å². The Labute approximate surface area is 158 Å². The molecular formula is C19H24ClNO5. The van der Waals surface area contributed by atoms with Crippen LogP contribution in [-0.2, 0) is 9.53 Å². The van der Waals surface area contributed by atoms with Gasteiger partial charge in [-0.25, -0.2) is 4.79 Å². The predicted octanol–water partition coefficient (Wildman–Crippen LogP) is 3.50.